The summed E-state index contributed by atoms with van der Waals surface area (Å²) in [5, 5.41) is 15.0. The Kier molecular flexibility index (Phi) is 2.82. The highest BCUT2D eigenvalue weighted by atomic mass is 16.4. The predicted octanol–water partition coefficient (Wildman–Crippen LogP) is -0.0733. The number of rotatable bonds is 4. The van der Waals surface area contributed by atoms with Crippen molar-refractivity contribution < 1.29 is 9.90 Å². The van der Waals surface area contributed by atoms with E-state index in [0.29, 0.717) is 18.5 Å². The van der Waals surface area contributed by atoms with Crippen molar-refractivity contribution >= 4 is 5.97 Å². The van der Waals surface area contributed by atoms with Gasteiger partial charge in [0.2, 0.25) is 0 Å². The van der Waals surface area contributed by atoms with Crippen molar-refractivity contribution in [1.82, 2.24) is 10.2 Å². The van der Waals surface area contributed by atoms with Crippen LogP contribution in [0, 0.1) is 0 Å². The molecule has 0 spiro atoms. The molecule has 5 nitrogen and oxygen atoms in total. The molecule has 0 saturated carbocycles. The van der Waals surface area contributed by atoms with Crippen LogP contribution in [0.1, 0.15) is 17.9 Å². The van der Waals surface area contributed by atoms with Crippen molar-refractivity contribution in [3.63, 3.8) is 0 Å². The molecule has 0 radical (unpaired) electrons. The molecule has 1 atom stereocenters. The molecule has 0 aliphatic heterocycles. The first kappa shape index (κ1) is 8.73. The number of aromatic amines is 1. The van der Waals surface area contributed by atoms with Crippen LogP contribution >= 0.6 is 0 Å². The highest BCUT2D eigenvalue weighted by molar-refractivity contribution is 5.75. The predicted molar refractivity (Wildman–Crippen MR) is 42.6 cm³/mol. The van der Waals surface area contributed by atoms with Crippen molar-refractivity contribution in [2.45, 2.75) is 12.3 Å². The smallest absolute Gasteiger partial charge is 0.311 e. The van der Waals surface area contributed by atoms with Crippen molar-refractivity contribution in [2.24, 2.45) is 5.73 Å². The summed E-state index contributed by atoms with van der Waals surface area (Å²) >= 11 is 0. The molecule has 0 aliphatic carbocycles. The Hall–Kier alpha value is -1.36. The zero-order valence-electron chi connectivity index (χ0n) is 6.53. The maximum absolute atomic E-state index is 10.7. The number of nitrogens with zero attached hydrogens (tertiary/aromatic N) is 1. The van der Waals surface area contributed by atoms with Crippen molar-refractivity contribution in [1.29, 1.82) is 0 Å². The molecule has 1 heterocycles. The lowest BCUT2D eigenvalue weighted by atomic mass is 9.99. The van der Waals surface area contributed by atoms with E-state index in [1.54, 1.807) is 6.20 Å². The van der Waals surface area contributed by atoms with Crippen LogP contribution in [0.25, 0.3) is 0 Å². The maximum atomic E-state index is 10.7. The summed E-state index contributed by atoms with van der Waals surface area (Å²) in [7, 11) is 0. The second kappa shape index (κ2) is 3.87. The monoisotopic (exact) mass is 169 g/mol. The van der Waals surface area contributed by atoms with E-state index in [-0.39, 0.29) is 0 Å². The number of aliphatic carboxylic acids is 1. The zero-order valence-corrected chi connectivity index (χ0v) is 6.53. The van der Waals surface area contributed by atoms with Gasteiger partial charge in [0, 0.05) is 11.8 Å². The summed E-state index contributed by atoms with van der Waals surface area (Å²) < 4.78 is 0. The van der Waals surface area contributed by atoms with E-state index in [2.05, 4.69) is 10.2 Å². The lowest BCUT2D eigenvalue weighted by Gasteiger charge is -2.06. The van der Waals surface area contributed by atoms with Gasteiger partial charge < -0.3 is 10.8 Å². The summed E-state index contributed by atoms with van der Waals surface area (Å²) in [6.45, 7) is 0.363. The van der Waals surface area contributed by atoms with Gasteiger partial charge in [0.1, 0.15) is 0 Å². The Morgan fingerprint density at radius 1 is 1.83 bits per heavy atom. The number of hydrogen-bond donors (Lipinski definition) is 3. The van der Waals surface area contributed by atoms with E-state index in [4.69, 9.17) is 10.8 Å². The van der Waals surface area contributed by atoms with Gasteiger partial charge in [-0.2, -0.15) is 5.10 Å². The Bertz CT molecular complexity index is 245. The number of aromatic nitrogens is 2. The van der Waals surface area contributed by atoms with Gasteiger partial charge in [-0.3, -0.25) is 9.89 Å². The number of nitrogens with two attached hydrogens (primary N) is 1. The minimum Gasteiger partial charge on any atom is -0.481 e. The molecular weight excluding hydrogens is 158 g/mol. The second-order valence-corrected chi connectivity index (χ2v) is 2.50. The molecule has 0 amide bonds. The molecule has 0 bridgehead atoms. The van der Waals surface area contributed by atoms with Crippen LogP contribution < -0.4 is 5.73 Å². The molecule has 4 N–H and O–H groups in total. The van der Waals surface area contributed by atoms with E-state index in [1.165, 1.54) is 6.20 Å². The first-order chi connectivity index (χ1) is 5.75. The molecule has 1 unspecified atom stereocenters. The SMILES string of the molecule is NCCC(C(=O)O)c1cn[nH]c1. The Balaban J connectivity index is 2.73. The third-order valence-electron chi connectivity index (χ3n) is 1.68. The lowest BCUT2D eigenvalue weighted by molar-refractivity contribution is -0.138. The van der Waals surface area contributed by atoms with Crippen molar-refractivity contribution in [3.05, 3.63) is 18.0 Å². The van der Waals surface area contributed by atoms with E-state index in [0.717, 1.165) is 0 Å². The lowest BCUT2D eigenvalue weighted by Crippen LogP contribution is -2.15. The summed E-state index contributed by atoms with van der Waals surface area (Å²) in [5.41, 5.74) is 5.95. The number of nitrogens with one attached hydrogen (secondary N) is 1. The fraction of sp³-hybridized carbons (Fsp3) is 0.429. The summed E-state index contributed by atoms with van der Waals surface area (Å²) in [6, 6.07) is 0. The molecule has 66 valence electrons. The van der Waals surface area contributed by atoms with Gasteiger partial charge in [0.05, 0.1) is 12.1 Å². The molecule has 5 heteroatoms. The standard InChI is InChI=1S/C7H11N3O2/c8-2-1-6(7(11)12)5-3-9-10-4-5/h3-4,6H,1-2,8H2,(H,9,10)(H,11,12). The minimum absolute atomic E-state index is 0.363. The molecule has 0 aliphatic rings. The number of carbonyl (C=O) groups is 1. The number of carboxylic acids is 1. The van der Waals surface area contributed by atoms with E-state index < -0.39 is 11.9 Å². The highest BCUT2D eigenvalue weighted by Crippen LogP contribution is 2.17. The third-order valence-corrected chi connectivity index (χ3v) is 1.68. The van der Waals surface area contributed by atoms with Crippen molar-refractivity contribution in [3.8, 4) is 0 Å². The van der Waals surface area contributed by atoms with Crippen LogP contribution in [0.2, 0.25) is 0 Å². The Labute approximate surface area is 69.6 Å². The molecule has 1 rings (SSSR count). The average Bonchev–Trinajstić information content (AvgIpc) is 2.51. The van der Waals surface area contributed by atoms with Crippen LogP contribution in [0.5, 0.6) is 0 Å². The van der Waals surface area contributed by atoms with E-state index >= 15 is 0 Å². The summed E-state index contributed by atoms with van der Waals surface area (Å²) in [5.74, 6) is -1.39. The van der Waals surface area contributed by atoms with Gasteiger partial charge in [0.15, 0.2) is 0 Å². The largest absolute Gasteiger partial charge is 0.481 e. The zero-order chi connectivity index (χ0) is 8.97. The molecule has 1 aromatic heterocycles. The minimum atomic E-state index is -0.859. The first-order valence-corrected chi connectivity index (χ1v) is 3.67. The third kappa shape index (κ3) is 1.82. The molecule has 1 aromatic rings. The number of H-pyrrole nitrogens is 1. The number of carboxylic acid groups (broad SMARTS) is 1. The van der Waals surface area contributed by atoms with E-state index in [9.17, 15) is 4.79 Å². The van der Waals surface area contributed by atoms with Crippen LogP contribution in [-0.4, -0.2) is 27.8 Å². The Morgan fingerprint density at radius 3 is 3.00 bits per heavy atom. The van der Waals surface area contributed by atoms with Crippen molar-refractivity contribution in [2.75, 3.05) is 6.54 Å². The molecular formula is C7H11N3O2. The first-order valence-electron chi connectivity index (χ1n) is 3.67. The van der Waals surface area contributed by atoms with Crippen LogP contribution in [0.3, 0.4) is 0 Å². The van der Waals surface area contributed by atoms with Gasteiger partial charge in [0.25, 0.3) is 0 Å². The van der Waals surface area contributed by atoms with Gasteiger partial charge in [-0.1, -0.05) is 0 Å². The normalized spacial score (nSPS) is 12.8. The summed E-state index contributed by atoms with van der Waals surface area (Å²) in [6.07, 6.45) is 3.53. The molecule has 0 saturated heterocycles. The topological polar surface area (TPSA) is 92.0 Å². The molecule has 0 fully saturated rings. The Morgan fingerprint density at radius 2 is 2.58 bits per heavy atom. The fourth-order valence-corrected chi connectivity index (χ4v) is 1.05. The summed E-state index contributed by atoms with van der Waals surface area (Å²) in [4.78, 5) is 10.7. The van der Waals surface area contributed by atoms with Gasteiger partial charge in [-0.05, 0) is 13.0 Å². The van der Waals surface area contributed by atoms with Gasteiger partial charge in [-0.25, -0.2) is 0 Å². The number of hydrogen-bond acceptors (Lipinski definition) is 3. The molecule has 12 heavy (non-hydrogen) atoms. The van der Waals surface area contributed by atoms with Crippen LogP contribution in [0.4, 0.5) is 0 Å². The fourth-order valence-electron chi connectivity index (χ4n) is 1.05. The van der Waals surface area contributed by atoms with Gasteiger partial charge >= 0.3 is 5.97 Å². The van der Waals surface area contributed by atoms with E-state index in [1.807, 2.05) is 0 Å². The average molecular weight is 169 g/mol. The molecule has 0 aromatic carbocycles. The highest BCUT2D eigenvalue weighted by Gasteiger charge is 2.19. The van der Waals surface area contributed by atoms with Gasteiger partial charge in [-0.15, -0.1) is 0 Å². The maximum Gasteiger partial charge on any atom is 0.311 e. The second-order valence-electron chi connectivity index (χ2n) is 2.50. The van der Waals surface area contributed by atoms with Crippen LogP contribution in [-0.2, 0) is 4.79 Å². The quantitative estimate of drug-likeness (QED) is 0.588. The van der Waals surface area contributed by atoms with Crippen LogP contribution in [0.15, 0.2) is 12.4 Å².